The summed E-state index contributed by atoms with van der Waals surface area (Å²) in [5.74, 6) is 0.242. The average molecular weight is 465 g/mol. The van der Waals surface area contributed by atoms with Crippen LogP contribution in [0.3, 0.4) is 0 Å². The number of rotatable bonds is 7. The van der Waals surface area contributed by atoms with Gasteiger partial charge in [0, 0.05) is 35.4 Å². The fourth-order valence-corrected chi connectivity index (χ4v) is 3.72. The number of hydrogen-bond donors (Lipinski definition) is 2. The van der Waals surface area contributed by atoms with Crippen LogP contribution in [-0.2, 0) is 9.53 Å². The van der Waals surface area contributed by atoms with Crippen LogP contribution in [0.1, 0.15) is 34.5 Å². The highest BCUT2D eigenvalue weighted by molar-refractivity contribution is 6.30. The first kappa shape index (κ1) is 22.8. The summed E-state index contributed by atoms with van der Waals surface area (Å²) in [6.45, 7) is 3.02. The Labute approximate surface area is 197 Å². The molecule has 0 saturated carbocycles. The first-order valence-electron chi connectivity index (χ1n) is 10.8. The topological polar surface area (TPSA) is 80.6 Å². The molecular formula is C26H25ClN2O4. The molecule has 7 heteroatoms. The van der Waals surface area contributed by atoms with Gasteiger partial charge in [-0.3, -0.25) is 9.59 Å². The molecule has 3 aromatic rings. The maximum atomic E-state index is 12.9. The second-order valence-corrected chi connectivity index (χ2v) is 8.37. The zero-order chi connectivity index (χ0) is 23.2. The van der Waals surface area contributed by atoms with Crippen molar-refractivity contribution in [3.8, 4) is 11.3 Å². The molecule has 6 nitrogen and oxygen atoms in total. The number of carbonyl (C=O) groups excluding carboxylic acids is 2. The molecule has 2 aromatic carbocycles. The van der Waals surface area contributed by atoms with Crippen LogP contribution in [-0.4, -0.2) is 31.1 Å². The third-order valence-corrected chi connectivity index (χ3v) is 5.58. The van der Waals surface area contributed by atoms with E-state index >= 15 is 0 Å². The number of amides is 2. The second kappa shape index (κ2) is 10.5. The van der Waals surface area contributed by atoms with E-state index in [0.29, 0.717) is 35.3 Å². The van der Waals surface area contributed by atoms with Crippen molar-refractivity contribution < 1.29 is 18.7 Å². The Balaban J connectivity index is 1.55. The van der Waals surface area contributed by atoms with E-state index in [1.165, 1.54) is 6.08 Å². The number of carbonyl (C=O) groups is 2. The minimum absolute atomic E-state index is 0.0129. The molecule has 2 heterocycles. The predicted octanol–water partition coefficient (Wildman–Crippen LogP) is 4.97. The van der Waals surface area contributed by atoms with Crippen LogP contribution in [0.2, 0.25) is 5.02 Å². The molecule has 1 fully saturated rings. The fraction of sp³-hybridized carbons (Fsp3) is 0.231. The van der Waals surface area contributed by atoms with Gasteiger partial charge in [0.15, 0.2) is 0 Å². The highest BCUT2D eigenvalue weighted by atomic mass is 35.5. The third kappa shape index (κ3) is 6.12. The van der Waals surface area contributed by atoms with Crippen molar-refractivity contribution >= 4 is 29.5 Å². The minimum atomic E-state index is -0.410. The van der Waals surface area contributed by atoms with Gasteiger partial charge in [0.25, 0.3) is 11.8 Å². The molecule has 2 N–H and O–H groups in total. The van der Waals surface area contributed by atoms with E-state index in [2.05, 4.69) is 10.6 Å². The quantitative estimate of drug-likeness (QED) is 0.483. The number of aryl methyl sites for hydroxylation is 1. The van der Waals surface area contributed by atoms with Crippen molar-refractivity contribution in [3.63, 3.8) is 0 Å². The van der Waals surface area contributed by atoms with Gasteiger partial charge < -0.3 is 19.8 Å². The zero-order valence-corrected chi connectivity index (χ0v) is 19.0. The molecule has 0 unspecified atom stereocenters. The predicted molar refractivity (Wildman–Crippen MR) is 128 cm³/mol. The summed E-state index contributed by atoms with van der Waals surface area (Å²) in [7, 11) is 0. The van der Waals surface area contributed by atoms with E-state index in [1.807, 2.05) is 31.2 Å². The SMILES string of the molecule is Cc1ccc(C(=O)N/C(=C\c2ccc(-c3cccc(Cl)c3)o2)C(=O)NC[C@@H]2CCCO2)cc1. The van der Waals surface area contributed by atoms with Gasteiger partial charge >= 0.3 is 0 Å². The van der Waals surface area contributed by atoms with Gasteiger partial charge in [-0.2, -0.15) is 0 Å². The van der Waals surface area contributed by atoms with Crippen LogP contribution < -0.4 is 10.6 Å². The number of nitrogens with one attached hydrogen (secondary N) is 2. The molecule has 33 heavy (non-hydrogen) atoms. The van der Waals surface area contributed by atoms with Crippen LogP contribution in [0.4, 0.5) is 0 Å². The normalized spacial score (nSPS) is 15.9. The molecule has 2 amide bonds. The lowest BCUT2D eigenvalue weighted by molar-refractivity contribution is -0.118. The van der Waals surface area contributed by atoms with E-state index in [4.69, 9.17) is 20.8 Å². The summed E-state index contributed by atoms with van der Waals surface area (Å²) in [4.78, 5) is 25.7. The lowest BCUT2D eigenvalue weighted by atomic mass is 10.1. The van der Waals surface area contributed by atoms with Crippen molar-refractivity contribution in [2.24, 2.45) is 0 Å². The van der Waals surface area contributed by atoms with Gasteiger partial charge in [-0.25, -0.2) is 0 Å². The molecular weight excluding hydrogens is 440 g/mol. The number of halogens is 1. The Kier molecular flexibility index (Phi) is 7.27. The number of ether oxygens (including phenoxy) is 1. The number of furan rings is 1. The maximum Gasteiger partial charge on any atom is 0.268 e. The molecule has 1 aliphatic rings. The second-order valence-electron chi connectivity index (χ2n) is 7.94. The number of benzene rings is 2. The van der Waals surface area contributed by atoms with Crippen LogP contribution in [0.5, 0.6) is 0 Å². The van der Waals surface area contributed by atoms with Crippen LogP contribution in [0.15, 0.2) is 70.8 Å². The van der Waals surface area contributed by atoms with Gasteiger partial charge in [-0.1, -0.05) is 41.4 Å². The highest BCUT2D eigenvalue weighted by Gasteiger charge is 2.20. The van der Waals surface area contributed by atoms with Crippen molar-refractivity contribution in [1.29, 1.82) is 0 Å². The minimum Gasteiger partial charge on any atom is -0.457 e. The first-order chi connectivity index (χ1) is 16.0. The standard InChI is InChI=1S/C26H25ClN2O4/c1-17-7-9-18(10-8-17)25(30)29-23(26(31)28-16-22-6-3-13-32-22)15-21-11-12-24(33-21)19-4-2-5-20(27)14-19/h2,4-5,7-12,14-15,22H,3,6,13,16H2,1H3,(H,28,31)(H,29,30)/b23-15-/t22-/m0/s1. The summed E-state index contributed by atoms with van der Waals surface area (Å²) in [5.41, 5.74) is 2.40. The molecule has 0 spiro atoms. The van der Waals surface area contributed by atoms with Gasteiger partial charge in [-0.05, 0) is 56.2 Å². The largest absolute Gasteiger partial charge is 0.457 e. The summed E-state index contributed by atoms with van der Waals surface area (Å²) in [6.07, 6.45) is 3.38. The molecule has 1 aliphatic heterocycles. The lowest BCUT2D eigenvalue weighted by Crippen LogP contribution is -2.38. The Morgan fingerprint density at radius 3 is 2.67 bits per heavy atom. The van der Waals surface area contributed by atoms with E-state index in [-0.39, 0.29) is 17.7 Å². The molecule has 1 saturated heterocycles. The number of hydrogen-bond acceptors (Lipinski definition) is 4. The van der Waals surface area contributed by atoms with E-state index < -0.39 is 5.91 Å². The van der Waals surface area contributed by atoms with Crippen molar-refractivity contribution in [2.75, 3.05) is 13.2 Å². The lowest BCUT2D eigenvalue weighted by Gasteiger charge is -2.13. The van der Waals surface area contributed by atoms with Crippen molar-refractivity contribution in [1.82, 2.24) is 10.6 Å². The first-order valence-corrected chi connectivity index (χ1v) is 11.2. The molecule has 0 bridgehead atoms. The van der Waals surface area contributed by atoms with Gasteiger partial charge in [0.05, 0.1) is 6.10 Å². The summed E-state index contributed by atoms with van der Waals surface area (Å²) >= 11 is 6.08. The summed E-state index contributed by atoms with van der Waals surface area (Å²) in [6, 6.07) is 18.0. The smallest absolute Gasteiger partial charge is 0.268 e. The Hall–Kier alpha value is -3.35. The Morgan fingerprint density at radius 2 is 1.94 bits per heavy atom. The van der Waals surface area contributed by atoms with Crippen LogP contribution in [0, 0.1) is 6.92 Å². The summed E-state index contributed by atoms with van der Waals surface area (Å²) in [5, 5.41) is 6.17. The maximum absolute atomic E-state index is 12.9. The molecule has 170 valence electrons. The Morgan fingerprint density at radius 1 is 1.12 bits per heavy atom. The van der Waals surface area contributed by atoms with Crippen molar-refractivity contribution in [2.45, 2.75) is 25.9 Å². The molecule has 1 atom stereocenters. The van der Waals surface area contributed by atoms with Gasteiger partial charge in [0.2, 0.25) is 0 Å². The summed E-state index contributed by atoms with van der Waals surface area (Å²) < 4.78 is 11.5. The molecule has 0 aliphatic carbocycles. The van der Waals surface area contributed by atoms with E-state index in [9.17, 15) is 9.59 Å². The fourth-order valence-electron chi connectivity index (χ4n) is 3.53. The molecule has 4 rings (SSSR count). The van der Waals surface area contributed by atoms with Gasteiger partial charge in [0.1, 0.15) is 17.2 Å². The van der Waals surface area contributed by atoms with Crippen molar-refractivity contribution in [3.05, 3.63) is 88.3 Å². The monoisotopic (exact) mass is 464 g/mol. The Bertz CT molecular complexity index is 1160. The highest BCUT2D eigenvalue weighted by Crippen LogP contribution is 2.25. The van der Waals surface area contributed by atoms with E-state index in [0.717, 1.165) is 24.0 Å². The third-order valence-electron chi connectivity index (χ3n) is 5.34. The average Bonchev–Trinajstić information content (AvgIpc) is 3.50. The van der Waals surface area contributed by atoms with E-state index in [1.54, 1.807) is 36.4 Å². The van der Waals surface area contributed by atoms with Crippen LogP contribution >= 0.6 is 11.6 Å². The van der Waals surface area contributed by atoms with Gasteiger partial charge in [-0.15, -0.1) is 0 Å². The molecule has 0 radical (unpaired) electrons. The van der Waals surface area contributed by atoms with Crippen LogP contribution in [0.25, 0.3) is 17.4 Å². The molecule has 1 aromatic heterocycles. The zero-order valence-electron chi connectivity index (χ0n) is 18.3.